The Bertz CT molecular complexity index is 683. The number of hydrogen-bond acceptors (Lipinski definition) is 3. The van der Waals surface area contributed by atoms with Crippen molar-refractivity contribution in [2.24, 2.45) is 5.92 Å². The molecule has 4 nitrogen and oxygen atoms in total. The van der Waals surface area contributed by atoms with Gasteiger partial charge >= 0.3 is 0 Å². The first-order valence-corrected chi connectivity index (χ1v) is 7.74. The van der Waals surface area contributed by atoms with Crippen LogP contribution >= 0.6 is 0 Å². The van der Waals surface area contributed by atoms with E-state index in [-0.39, 0.29) is 11.9 Å². The number of furan rings is 1. The lowest BCUT2D eigenvalue weighted by Gasteiger charge is -2.44. The maximum atomic E-state index is 12.7. The first-order valence-electron chi connectivity index (χ1n) is 7.74. The summed E-state index contributed by atoms with van der Waals surface area (Å²) in [5, 5.41) is 4.16. The average molecular weight is 284 g/mol. The molecule has 4 heteroatoms. The lowest BCUT2D eigenvalue weighted by molar-refractivity contribution is 0.0620. The van der Waals surface area contributed by atoms with Crippen molar-refractivity contribution in [3.8, 4) is 0 Å². The van der Waals surface area contributed by atoms with Crippen LogP contribution in [-0.4, -0.2) is 36.5 Å². The third-order valence-electron chi connectivity index (χ3n) is 4.97. The molecule has 1 N–H and O–H groups in total. The number of rotatable bonds is 2. The van der Waals surface area contributed by atoms with Crippen molar-refractivity contribution in [2.75, 3.05) is 19.6 Å². The second-order valence-electron chi connectivity index (χ2n) is 6.25. The van der Waals surface area contributed by atoms with Crippen LogP contribution in [0.3, 0.4) is 0 Å². The zero-order chi connectivity index (χ0) is 14.4. The molecule has 0 radical (unpaired) electrons. The van der Waals surface area contributed by atoms with E-state index in [1.54, 1.807) is 0 Å². The van der Waals surface area contributed by atoms with Crippen molar-refractivity contribution in [3.05, 3.63) is 35.6 Å². The highest BCUT2D eigenvalue weighted by Crippen LogP contribution is 2.29. The highest BCUT2D eigenvalue weighted by Gasteiger charge is 2.35. The molecule has 0 saturated carbocycles. The number of carbonyl (C=O) groups is 1. The van der Waals surface area contributed by atoms with Crippen LogP contribution in [0, 0.1) is 12.8 Å². The summed E-state index contributed by atoms with van der Waals surface area (Å²) in [4.78, 5) is 15.1. The SMILES string of the molecule is Cc1oc2ccccc2c1C(=O)NC1CN2CCC1CC2. The molecule has 2 aromatic rings. The van der Waals surface area contributed by atoms with Crippen LogP contribution in [0.1, 0.15) is 29.0 Å². The first kappa shape index (κ1) is 12.9. The van der Waals surface area contributed by atoms with Crippen molar-refractivity contribution >= 4 is 16.9 Å². The van der Waals surface area contributed by atoms with Gasteiger partial charge in [0.05, 0.1) is 5.56 Å². The zero-order valence-corrected chi connectivity index (χ0v) is 12.3. The quantitative estimate of drug-likeness (QED) is 0.922. The largest absolute Gasteiger partial charge is 0.461 e. The fourth-order valence-corrected chi connectivity index (χ4v) is 3.82. The Morgan fingerprint density at radius 1 is 1.29 bits per heavy atom. The van der Waals surface area contributed by atoms with Crippen molar-refractivity contribution < 1.29 is 9.21 Å². The Kier molecular flexibility index (Phi) is 3.00. The maximum Gasteiger partial charge on any atom is 0.255 e. The number of carbonyl (C=O) groups excluding carboxylic acids is 1. The zero-order valence-electron chi connectivity index (χ0n) is 12.3. The van der Waals surface area contributed by atoms with E-state index in [9.17, 15) is 4.79 Å². The number of aryl methyl sites for hydroxylation is 1. The van der Waals surface area contributed by atoms with E-state index in [0.717, 1.165) is 17.5 Å². The molecule has 0 spiro atoms. The molecule has 1 aromatic heterocycles. The Morgan fingerprint density at radius 2 is 2.05 bits per heavy atom. The molecule has 5 rings (SSSR count). The van der Waals surface area contributed by atoms with Gasteiger partial charge in [0.1, 0.15) is 11.3 Å². The van der Waals surface area contributed by atoms with Crippen LogP contribution in [0.5, 0.6) is 0 Å². The maximum absolute atomic E-state index is 12.7. The minimum absolute atomic E-state index is 0.0104. The molecule has 1 amide bonds. The van der Waals surface area contributed by atoms with E-state index in [1.165, 1.54) is 25.9 Å². The van der Waals surface area contributed by atoms with Gasteiger partial charge in [0.25, 0.3) is 5.91 Å². The number of nitrogens with one attached hydrogen (secondary N) is 1. The summed E-state index contributed by atoms with van der Waals surface area (Å²) in [5.74, 6) is 1.35. The minimum atomic E-state index is 0.0104. The van der Waals surface area contributed by atoms with Gasteiger partial charge in [-0.3, -0.25) is 4.79 Å². The van der Waals surface area contributed by atoms with Crippen LogP contribution in [0.15, 0.2) is 28.7 Å². The van der Waals surface area contributed by atoms with E-state index in [0.29, 0.717) is 17.2 Å². The van der Waals surface area contributed by atoms with Gasteiger partial charge in [-0.05, 0) is 44.8 Å². The molecule has 1 unspecified atom stereocenters. The second kappa shape index (κ2) is 4.88. The fourth-order valence-electron chi connectivity index (χ4n) is 3.82. The van der Waals surface area contributed by atoms with Gasteiger partial charge in [-0.25, -0.2) is 0 Å². The summed E-state index contributed by atoms with van der Waals surface area (Å²) in [6.45, 7) is 5.23. The molecule has 3 fully saturated rings. The van der Waals surface area contributed by atoms with Gasteiger partial charge in [0.2, 0.25) is 0 Å². The molecule has 1 atom stereocenters. The van der Waals surface area contributed by atoms with Crippen LogP contribution in [0.25, 0.3) is 11.0 Å². The summed E-state index contributed by atoms with van der Waals surface area (Å²) in [6.07, 6.45) is 2.41. The van der Waals surface area contributed by atoms with E-state index in [2.05, 4.69) is 10.2 Å². The highest BCUT2D eigenvalue weighted by molar-refractivity contribution is 6.07. The molecule has 3 saturated heterocycles. The third kappa shape index (κ3) is 2.14. The minimum Gasteiger partial charge on any atom is -0.461 e. The number of para-hydroxylation sites is 1. The summed E-state index contributed by atoms with van der Waals surface area (Å²) < 4.78 is 5.70. The fraction of sp³-hybridized carbons (Fsp3) is 0.471. The monoisotopic (exact) mass is 284 g/mol. The van der Waals surface area contributed by atoms with Crippen molar-refractivity contribution in [1.29, 1.82) is 0 Å². The number of nitrogens with zero attached hydrogens (tertiary/aromatic N) is 1. The summed E-state index contributed by atoms with van der Waals surface area (Å²) in [6, 6.07) is 8.03. The highest BCUT2D eigenvalue weighted by atomic mass is 16.3. The van der Waals surface area contributed by atoms with Gasteiger partial charge in [0.15, 0.2) is 0 Å². The second-order valence-corrected chi connectivity index (χ2v) is 6.25. The predicted molar refractivity (Wildman–Crippen MR) is 81.4 cm³/mol. The van der Waals surface area contributed by atoms with Crippen molar-refractivity contribution in [1.82, 2.24) is 10.2 Å². The van der Waals surface area contributed by atoms with E-state index in [4.69, 9.17) is 4.42 Å². The molecule has 3 aliphatic rings. The van der Waals surface area contributed by atoms with Gasteiger partial charge in [-0.1, -0.05) is 18.2 Å². The van der Waals surface area contributed by atoms with Gasteiger partial charge in [-0.15, -0.1) is 0 Å². The lowest BCUT2D eigenvalue weighted by Crippen LogP contribution is -2.57. The molecule has 2 bridgehead atoms. The van der Waals surface area contributed by atoms with Gasteiger partial charge in [0, 0.05) is 18.0 Å². The van der Waals surface area contributed by atoms with E-state index in [1.807, 2.05) is 31.2 Å². The molecule has 21 heavy (non-hydrogen) atoms. The number of amides is 1. The van der Waals surface area contributed by atoms with Crippen LogP contribution < -0.4 is 5.32 Å². The molecule has 4 heterocycles. The first-order chi connectivity index (χ1) is 10.2. The van der Waals surface area contributed by atoms with Gasteiger partial charge in [-0.2, -0.15) is 0 Å². The Balaban J connectivity index is 1.60. The smallest absolute Gasteiger partial charge is 0.255 e. The number of benzene rings is 1. The topological polar surface area (TPSA) is 45.5 Å². The van der Waals surface area contributed by atoms with Crippen molar-refractivity contribution in [2.45, 2.75) is 25.8 Å². The number of piperidine rings is 3. The average Bonchev–Trinajstić information content (AvgIpc) is 2.84. The van der Waals surface area contributed by atoms with Crippen LogP contribution in [0.2, 0.25) is 0 Å². The number of hydrogen-bond donors (Lipinski definition) is 1. The van der Waals surface area contributed by atoms with Crippen LogP contribution in [-0.2, 0) is 0 Å². The molecule has 110 valence electrons. The van der Waals surface area contributed by atoms with E-state index >= 15 is 0 Å². The van der Waals surface area contributed by atoms with Crippen molar-refractivity contribution in [3.63, 3.8) is 0 Å². The molecule has 0 aliphatic carbocycles. The number of fused-ring (bicyclic) bond motifs is 4. The van der Waals surface area contributed by atoms with Gasteiger partial charge < -0.3 is 14.6 Å². The molecule has 3 aliphatic heterocycles. The summed E-state index contributed by atoms with van der Waals surface area (Å²) in [7, 11) is 0. The van der Waals surface area contributed by atoms with E-state index < -0.39 is 0 Å². The Hall–Kier alpha value is -1.81. The molecule has 1 aromatic carbocycles. The molecular weight excluding hydrogens is 264 g/mol. The predicted octanol–water partition coefficient (Wildman–Crippen LogP) is 2.57. The van der Waals surface area contributed by atoms with Crippen LogP contribution in [0.4, 0.5) is 0 Å². The Labute approximate surface area is 124 Å². The summed E-state index contributed by atoms with van der Waals surface area (Å²) in [5.41, 5.74) is 1.48. The normalized spacial score (nSPS) is 28.0. The lowest BCUT2D eigenvalue weighted by atomic mass is 9.84. The third-order valence-corrected chi connectivity index (χ3v) is 4.97. The summed E-state index contributed by atoms with van der Waals surface area (Å²) >= 11 is 0. The standard InChI is InChI=1S/C17H20N2O2/c1-11-16(13-4-2-3-5-15(13)21-11)17(20)18-14-10-19-8-6-12(14)7-9-19/h2-5,12,14H,6-10H2,1H3,(H,18,20). The molecular formula is C17H20N2O2. The Morgan fingerprint density at radius 3 is 2.76 bits per heavy atom.